The second-order valence-electron chi connectivity index (χ2n) is 3.99. The Morgan fingerprint density at radius 2 is 1.86 bits per heavy atom. The molecule has 82 valence electrons. The first-order chi connectivity index (χ1) is 6.85. The summed E-state index contributed by atoms with van der Waals surface area (Å²) in [5.74, 6) is 0.851. The van der Waals surface area contributed by atoms with Gasteiger partial charge in [0, 0.05) is 0 Å². The van der Waals surface area contributed by atoms with Gasteiger partial charge < -0.3 is 0 Å². The molecule has 14 heavy (non-hydrogen) atoms. The molecule has 1 saturated carbocycles. The highest BCUT2D eigenvalue weighted by Crippen LogP contribution is 2.23. The van der Waals surface area contributed by atoms with Crippen LogP contribution in [-0.2, 0) is 0 Å². The third-order valence-corrected chi connectivity index (χ3v) is 2.67. The molecule has 0 aromatic heterocycles. The topological polar surface area (TPSA) is 0 Å². The fourth-order valence-corrected chi connectivity index (χ4v) is 1.70. The van der Waals surface area contributed by atoms with E-state index < -0.39 is 0 Å². The Morgan fingerprint density at radius 1 is 1.21 bits per heavy atom. The normalized spacial score (nSPS) is 17.6. The molecule has 0 heterocycles. The Kier molecular flexibility index (Phi) is 10.2. The lowest BCUT2D eigenvalue weighted by Crippen LogP contribution is -2.01. The van der Waals surface area contributed by atoms with Crippen LogP contribution in [-0.4, -0.2) is 0 Å². The molecule has 0 bridgehead atoms. The standard InChI is InChI=1S/C8H14.C6H12/c1-2-8-6-4-3-5-7-8;1-3-5-6-4-2/h2,8H,1,3-7H2;3,5H,4,6H2,1-2H3. The summed E-state index contributed by atoms with van der Waals surface area (Å²) in [4.78, 5) is 0. The molecule has 0 unspecified atom stereocenters. The lowest BCUT2D eigenvalue weighted by atomic mass is 9.90. The molecule has 1 aliphatic carbocycles. The number of unbranched alkanes of at least 4 members (excludes halogenated alkanes) is 1. The molecule has 0 aromatic carbocycles. The molecule has 0 aliphatic heterocycles. The van der Waals surface area contributed by atoms with E-state index in [1.54, 1.807) is 0 Å². The lowest BCUT2D eigenvalue weighted by molar-refractivity contribution is 0.420. The van der Waals surface area contributed by atoms with Crippen molar-refractivity contribution in [3.63, 3.8) is 0 Å². The predicted molar refractivity (Wildman–Crippen MR) is 66.5 cm³/mol. The van der Waals surface area contributed by atoms with E-state index in [4.69, 9.17) is 0 Å². The summed E-state index contributed by atoms with van der Waals surface area (Å²) in [7, 11) is 0. The van der Waals surface area contributed by atoms with Gasteiger partial charge in [-0.15, -0.1) is 6.58 Å². The molecule has 1 aliphatic rings. The molecule has 0 saturated heterocycles. The summed E-state index contributed by atoms with van der Waals surface area (Å²) in [6.07, 6.45) is 16.0. The Balaban J connectivity index is 0.000000255. The maximum atomic E-state index is 3.78. The van der Waals surface area contributed by atoms with Crippen LogP contribution in [0.15, 0.2) is 24.8 Å². The van der Waals surface area contributed by atoms with Crippen LogP contribution in [0.25, 0.3) is 0 Å². The van der Waals surface area contributed by atoms with Crippen molar-refractivity contribution in [1.82, 2.24) is 0 Å². The van der Waals surface area contributed by atoms with Gasteiger partial charge in [0.25, 0.3) is 0 Å². The zero-order valence-corrected chi connectivity index (χ0v) is 9.97. The first-order valence-electron chi connectivity index (χ1n) is 6.08. The second kappa shape index (κ2) is 10.6. The zero-order chi connectivity index (χ0) is 10.6. The van der Waals surface area contributed by atoms with Gasteiger partial charge in [0.1, 0.15) is 0 Å². The summed E-state index contributed by atoms with van der Waals surface area (Å²) >= 11 is 0. The van der Waals surface area contributed by atoms with E-state index in [-0.39, 0.29) is 0 Å². The summed E-state index contributed by atoms with van der Waals surface area (Å²) in [5, 5.41) is 0. The third kappa shape index (κ3) is 8.10. The molecule has 0 heteroatoms. The van der Waals surface area contributed by atoms with Crippen molar-refractivity contribution in [1.29, 1.82) is 0 Å². The van der Waals surface area contributed by atoms with Crippen molar-refractivity contribution in [2.45, 2.75) is 58.8 Å². The van der Waals surface area contributed by atoms with Crippen LogP contribution in [0.1, 0.15) is 58.8 Å². The third-order valence-electron chi connectivity index (χ3n) is 2.67. The minimum Gasteiger partial charge on any atom is -0.103 e. The van der Waals surface area contributed by atoms with Gasteiger partial charge in [-0.3, -0.25) is 0 Å². The zero-order valence-electron chi connectivity index (χ0n) is 9.97. The highest BCUT2D eigenvalue weighted by atomic mass is 14.1. The molecule has 0 nitrogen and oxygen atoms in total. The Morgan fingerprint density at radius 3 is 2.14 bits per heavy atom. The Hall–Kier alpha value is -0.520. The van der Waals surface area contributed by atoms with Crippen LogP contribution < -0.4 is 0 Å². The van der Waals surface area contributed by atoms with Crippen LogP contribution in [0.2, 0.25) is 0 Å². The SMILES string of the molecule is C=CC1CCCCC1.CC=CCCC. The largest absolute Gasteiger partial charge is 0.103 e. The molecule has 1 rings (SSSR count). The van der Waals surface area contributed by atoms with Gasteiger partial charge in [0.05, 0.1) is 0 Å². The Labute approximate surface area is 90.1 Å². The van der Waals surface area contributed by atoms with E-state index >= 15 is 0 Å². The van der Waals surface area contributed by atoms with E-state index in [1.165, 1.54) is 44.9 Å². The van der Waals surface area contributed by atoms with Gasteiger partial charge in [0.2, 0.25) is 0 Å². The van der Waals surface area contributed by atoms with E-state index in [0.29, 0.717) is 0 Å². The fraction of sp³-hybridized carbons (Fsp3) is 0.714. The molecular formula is C14H26. The quantitative estimate of drug-likeness (QED) is 0.547. The van der Waals surface area contributed by atoms with Crippen LogP contribution in [0.3, 0.4) is 0 Å². The molecule has 0 amide bonds. The summed E-state index contributed by atoms with van der Waals surface area (Å²) in [5.41, 5.74) is 0. The van der Waals surface area contributed by atoms with Gasteiger partial charge in [-0.05, 0) is 32.1 Å². The lowest BCUT2D eigenvalue weighted by Gasteiger charge is -2.16. The summed E-state index contributed by atoms with van der Waals surface area (Å²) < 4.78 is 0. The molecule has 1 fully saturated rings. The molecule has 0 atom stereocenters. The summed E-state index contributed by atoms with van der Waals surface area (Å²) in [6, 6.07) is 0. The minimum absolute atomic E-state index is 0.851. The van der Waals surface area contributed by atoms with Crippen LogP contribution in [0, 0.1) is 5.92 Å². The van der Waals surface area contributed by atoms with Gasteiger partial charge >= 0.3 is 0 Å². The van der Waals surface area contributed by atoms with Gasteiger partial charge in [-0.25, -0.2) is 0 Å². The van der Waals surface area contributed by atoms with Crippen molar-refractivity contribution >= 4 is 0 Å². The predicted octanol–water partition coefficient (Wildman–Crippen LogP) is 5.12. The van der Waals surface area contributed by atoms with E-state index in [1.807, 2.05) is 0 Å². The average Bonchev–Trinajstić information content (AvgIpc) is 2.28. The van der Waals surface area contributed by atoms with Crippen molar-refractivity contribution in [2.24, 2.45) is 5.92 Å². The monoisotopic (exact) mass is 194 g/mol. The number of hydrogen-bond donors (Lipinski definition) is 0. The molecule has 0 spiro atoms. The van der Waals surface area contributed by atoms with E-state index in [2.05, 4.69) is 38.7 Å². The van der Waals surface area contributed by atoms with Gasteiger partial charge in [-0.1, -0.05) is 50.8 Å². The Bertz CT molecular complexity index is 138. The van der Waals surface area contributed by atoms with Crippen molar-refractivity contribution in [2.75, 3.05) is 0 Å². The maximum absolute atomic E-state index is 3.78. The first kappa shape index (κ1) is 13.5. The van der Waals surface area contributed by atoms with Crippen LogP contribution in [0.4, 0.5) is 0 Å². The molecule has 0 N–H and O–H groups in total. The number of allylic oxidation sites excluding steroid dienone is 3. The highest BCUT2D eigenvalue weighted by Gasteiger charge is 2.07. The second-order valence-corrected chi connectivity index (χ2v) is 3.99. The highest BCUT2D eigenvalue weighted by molar-refractivity contribution is 4.80. The first-order valence-corrected chi connectivity index (χ1v) is 6.08. The molecule has 0 radical (unpaired) electrons. The van der Waals surface area contributed by atoms with E-state index in [9.17, 15) is 0 Å². The van der Waals surface area contributed by atoms with Crippen molar-refractivity contribution in [3.8, 4) is 0 Å². The smallest absolute Gasteiger partial charge is 0.0236 e. The molecule has 0 aromatic rings. The number of hydrogen-bond acceptors (Lipinski definition) is 0. The average molecular weight is 194 g/mol. The van der Waals surface area contributed by atoms with Gasteiger partial charge in [0.15, 0.2) is 0 Å². The summed E-state index contributed by atoms with van der Waals surface area (Å²) in [6.45, 7) is 8.02. The van der Waals surface area contributed by atoms with Crippen LogP contribution in [0.5, 0.6) is 0 Å². The minimum atomic E-state index is 0.851. The molecular weight excluding hydrogens is 168 g/mol. The van der Waals surface area contributed by atoms with E-state index in [0.717, 1.165) is 5.92 Å². The maximum Gasteiger partial charge on any atom is -0.0236 e. The van der Waals surface area contributed by atoms with Crippen molar-refractivity contribution in [3.05, 3.63) is 24.8 Å². The van der Waals surface area contributed by atoms with Crippen LogP contribution >= 0.6 is 0 Å². The fourth-order valence-electron chi connectivity index (χ4n) is 1.70. The number of rotatable bonds is 3. The van der Waals surface area contributed by atoms with Crippen molar-refractivity contribution < 1.29 is 0 Å². The van der Waals surface area contributed by atoms with Gasteiger partial charge in [-0.2, -0.15) is 0 Å².